The van der Waals surface area contributed by atoms with Gasteiger partial charge in [0.25, 0.3) is 0 Å². The number of methoxy groups -OCH3 is 1. The van der Waals surface area contributed by atoms with E-state index in [1.54, 1.807) is 35.9 Å². The standard InChI is InChI=1S/C19H20N2O5/c1-20-16-5-3-4-6-17(16)21(19(20)24)11-14(22)12-26-15-9-7-13(8-10-15)18(23)25-2/h3-10,14,22H,11-12H2,1-2H3/t14-/m0/s1. The molecule has 1 atom stereocenters. The van der Waals surface area contributed by atoms with Crippen LogP contribution in [0.3, 0.4) is 0 Å². The van der Waals surface area contributed by atoms with Crippen LogP contribution in [0.2, 0.25) is 0 Å². The fraction of sp³-hybridized carbons (Fsp3) is 0.263. The summed E-state index contributed by atoms with van der Waals surface area (Å²) in [6.45, 7) is 0.146. The Labute approximate surface area is 150 Å². The molecule has 0 saturated heterocycles. The van der Waals surface area contributed by atoms with Crippen LogP contribution in [0.5, 0.6) is 5.75 Å². The quantitative estimate of drug-likeness (QED) is 0.678. The van der Waals surface area contributed by atoms with Gasteiger partial charge in [-0.1, -0.05) is 12.1 Å². The number of benzene rings is 2. The second kappa shape index (κ2) is 7.45. The maximum Gasteiger partial charge on any atom is 0.337 e. The molecule has 3 rings (SSSR count). The number of carbonyl (C=O) groups excluding carboxylic acids is 1. The first kappa shape index (κ1) is 17.8. The number of aliphatic hydroxyl groups excluding tert-OH is 1. The number of aliphatic hydroxyl groups is 1. The van der Waals surface area contributed by atoms with Crippen LogP contribution in [-0.2, 0) is 18.3 Å². The number of hydrogen-bond donors (Lipinski definition) is 1. The largest absolute Gasteiger partial charge is 0.491 e. The number of carbonyl (C=O) groups is 1. The smallest absolute Gasteiger partial charge is 0.337 e. The molecule has 26 heavy (non-hydrogen) atoms. The third-order valence-corrected chi connectivity index (χ3v) is 4.16. The Morgan fingerprint density at radius 1 is 1.12 bits per heavy atom. The number of para-hydroxylation sites is 2. The van der Waals surface area contributed by atoms with Gasteiger partial charge < -0.3 is 14.6 Å². The van der Waals surface area contributed by atoms with Gasteiger partial charge in [-0.2, -0.15) is 0 Å². The Morgan fingerprint density at radius 2 is 1.77 bits per heavy atom. The zero-order valence-corrected chi connectivity index (χ0v) is 14.6. The first-order valence-corrected chi connectivity index (χ1v) is 8.14. The Hall–Kier alpha value is -3.06. The Kier molecular flexibility index (Phi) is 5.09. The molecule has 7 heteroatoms. The highest BCUT2D eigenvalue weighted by Crippen LogP contribution is 2.15. The summed E-state index contributed by atoms with van der Waals surface area (Å²) in [5.41, 5.74) is 1.81. The molecule has 1 heterocycles. The SMILES string of the molecule is COC(=O)c1ccc(OC[C@@H](O)Cn2c(=O)n(C)c3ccccc32)cc1. The zero-order chi connectivity index (χ0) is 18.7. The molecule has 136 valence electrons. The summed E-state index contributed by atoms with van der Waals surface area (Å²) in [5.74, 6) is 0.0916. The van der Waals surface area contributed by atoms with E-state index in [0.29, 0.717) is 11.3 Å². The first-order chi connectivity index (χ1) is 12.5. The summed E-state index contributed by atoms with van der Waals surface area (Å²) in [4.78, 5) is 23.8. The number of hydrogen-bond acceptors (Lipinski definition) is 5. The highest BCUT2D eigenvalue weighted by Gasteiger charge is 2.14. The Bertz CT molecular complexity index is 972. The van der Waals surface area contributed by atoms with Crippen LogP contribution >= 0.6 is 0 Å². The van der Waals surface area contributed by atoms with Crippen molar-refractivity contribution >= 4 is 17.0 Å². The molecule has 1 aromatic heterocycles. The summed E-state index contributed by atoms with van der Waals surface area (Å²) in [6.07, 6.45) is -0.862. The predicted molar refractivity (Wildman–Crippen MR) is 96.5 cm³/mol. The second-order valence-electron chi connectivity index (χ2n) is 5.92. The van der Waals surface area contributed by atoms with Gasteiger partial charge in [0.2, 0.25) is 0 Å². The van der Waals surface area contributed by atoms with Gasteiger partial charge in [0.05, 0.1) is 30.3 Å². The van der Waals surface area contributed by atoms with Crippen molar-refractivity contribution in [3.05, 3.63) is 64.6 Å². The van der Waals surface area contributed by atoms with Crippen molar-refractivity contribution in [1.82, 2.24) is 9.13 Å². The number of esters is 1. The molecule has 0 radical (unpaired) electrons. The molecular formula is C19H20N2O5. The van der Waals surface area contributed by atoms with Gasteiger partial charge in [0.15, 0.2) is 0 Å². The summed E-state index contributed by atoms with van der Waals surface area (Å²) < 4.78 is 13.3. The van der Waals surface area contributed by atoms with Crippen molar-refractivity contribution in [1.29, 1.82) is 0 Å². The highest BCUT2D eigenvalue weighted by atomic mass is 16.5. The van der Waals surface area contributed by atoms with Gasteiger partial charge in [-0.3, -0.25) is 9.13 Å². The lowest BCUT2D eigenvalue weighted by Gasteiger charge is -2.13. The number of aryl methyl sites for hydroxylation is 1. The Morgan fingerprint density at radius 3 is 2.42 bits per heavy atom. The van der Waals surface area contributed by atoms with Crippen molar-refractivity contribution in [2.75, 3.05) is 13.7 Å². The van der Waals surface area contributed by atoms with E-state index < -0.39 is 12.1 Å². The molecular weight excluding hydrogens is 336 g/mol. The molecule has 0 amide bonds. The fourth-order valence-corrected chi connectivity index (χ4v) is 2.80. The Balaban J connectivity index is 1.67. The van der Waals surface area contributed by atoms with Crippen molar-refractivity contribution in [3.8, 4) is 5.75 Å². The molecule has 0 aliphatic heterocycles. The van der Waals surface area contributed by atoms with Crippen LogP contribution in [0.25, 0.3) is 11.0 Å². The van der Waals surface area contributed by atoms with Gasteiger partial charge in [-0.15, -0.1) is 0 Å². The molecule has 0 unspecified atom stereocenters. The van der Waals surface area contributed by atoms with E-state index >= 15 is 0 Å². The number of nitrogens with zero attached hydrogens (tertiary/aromatic N) is 2. The van der Waals surface area contributed by atoms with E-state index in [9.17, 15) is 14.7 Å². The van der Waals surface area contributed by atoms with E-state index in [-0.39, 0.29) is 18.8 Å². The van der Waals surface area contributed by atoms with Crippen molar-refractivity contribution < 1.29 is 19.4 Å². The second-order valence-corrected chi connectivity index (χ2v) is 5.92. The fourth-order valence-electron chi connectivity index (χ4n) is 2.80. The molecule has 0 bridgehead atoms. The molecule has 7 nitrogen and oxygen atoms in total. The molecule has 0 aliphatic carbocycles. The third kappa shape index (κ3) is 3.48. The lowest BCUT2D eigenvalue weighted by atomic mass is 10.2. The number of rotatable bonds is 6. The van der Waals surface area contributed by atoms with Gasteiger partial charge in [-0.05, 0) is 36.4 Å². The summed E-state index contributed by atoms with van der Waals surface area (Å²) in [6, 6.07) is 13.8. The third-order valence-electron chi connectivity index (χ3n) is 4.16. The van der Waals surface area contributed by atoms with E-state index in [4.69, 9.17) is 4.74 Å². The molecule has 0 fully saturated rings. The number of fused-ring (bicyclic) bond motifs is 1. The number of aromatic nitrogens is 2. The van der Waals surface area contributed by atoms with Crippen LogP contribution in [0, 0.1) is 0 Å². The number of ether oxygens (including phenoxy) is 2. The van der Waals surface area contributed by atoms with Crippen LogP contribution in [0.4, 0.5) is 0 Å². The molecule has 0 spiro atoms. The normalized spacial score (nSPS) is 12.1. The highest BCUT2D eigenvalue weighted by molar-refractivity contribution is 5.89. The van der Waals surface area contributed by atoms with Crippen LogP contribution < -0.4 is 10.4 Å². The van der Waals surface area contributed by atoms with Crippen molar-refractivity contribution in [2.45, 2.75) is 12.6 Å². The van der Waals surface area contributed by atoms with Gasteiger partial charge in [0, 0.05) is 7.05 Å². The maximum absolute atomic E-state index is 12.4. The molecule has 1 N–H and O–H groups in total. The molecule has 0 aliphatic rings. The average Bonchev–Trinajstić information content (AvgIpc) is 2.91. The van der Waals surface area contributed by atoms with Gasteiger partial charge in [-0.25, -0.2) is 9.59 Å². The molecule has 3 aromatic rings. The van der Waals surface area contributed by atoms with E-state index in [1.807, 2.05) is 24.3 Å². The van der Waals surface area contributed by atoms with Gasteiger partial charge >= 0.3 is 11.7 Å². The maximum atomic E-state index is 12.4. The summed E-state index contributed by atoms with van der Waals surface area (Å²) in [7, 11) is 3.02. The lowest BCUT2D eigenvalue weighted by molar-refractivity contribution is 0.0600. The van der Waals surface area contributed by atoms with Crippen molar-refractivity contribution in [3.63, 3.8) is 0 Å². The summed E-state index contributed by atoms with van der Waals surface area (Å²) in [5, 5.41) is 10.3. The zero-order valence-electron chi connectivity index (χ0n) is 14.6. The topological polar surface area (TPSA) is 82.7 Å². The average molecular weight is 356 g/mol. The van der Waals surface area contributed by atoms with Gasteiger partial charge in [0.1, 0.15) is 18.5 Å². The van der Waals surface area contributed by atoms with Crippen LogP contribution in [0.1, 0.15) is 10.4 Å². The lowest BCUT2D eigenvalue weighted by Crippen LogP contribution is -2.30. The van der Waals surface area contributed by atoms with Crippen molar-refractivity contribution in [2.24, 2.45) is 7.05 Å². The minimum atomic E-state index is -0.862. The van der Waals surface area contributed by atoms with Crippen LogP contribution in [0.15, 0.2) is 53.3 Å². The first-order valence-electron chi connectivity index (χ1n) is 8.14. The predicted octanol–water partition coefficient (Wildman–Crippen LogP) is 1.57. The summed E-state index contributed by atoms with van der Waals surface area (Å²) >= 11 is 0. The van der Waals surface area contributed by atoms with Crippen LogP contribution in [-0.4, -0.2) is 40.0 Å². The monoisotopic (exact) mass is 356 g/mol. The van der Waals surface area contributed by atoms with E-state index in [2.05, 4.69) is 4.74 Å². The van der Waals surface area contributed by atoms with E-state index in [1.165, 1.54) is 11.7 Å². The minimum absolute atomic E-state index is 0.0211. The molecule has 0 saturated carbocycles. The minimum Gasteiger partial charge on any atom is -0.491 e. The van der Waals surface area contributed by atoms with E-state index in [0.717, 1.165) is 11.0 Å². The molecule has 2 aromatic carbocycles. The number of imidazole rings is 1.